The number of aromatic amines is 1. The highest BCUT2D eigenvalue weighted by molar-refractivity contribution is 5.96. The number of allylic oxidation sites excluding steroid dienone is 1. The lowest BCUT2D eigenvalue weighted by atomic mass is 9.84. The molecule has 0 spiro atoms. The summed E-state index contributed by atoms with van der Waals surface area (Å²) >= 11 is 0. The number of aromatic nitrogens is 1. The molecule has 1 aliphatic heterocycles. The zero-order valence-corrected chi connectivity index (χ0v) is 18.9. The van der Waals surface area contributed by atoms with E-state index in [0.29, 0.717) is 5.69 Å². The maximum atomic E-state index is 12.8. The van der Waals surface area contributed by atoms with Crippen LogP contribution in [0.4, 0.5) is 0 Å². The fraction of sp³-hybridized carbons (Fsp3) is 0.440. The number of H-pyrrole nitrogens is 1. The second-order valence-corrected chi connectivity index (χ2v) is 9.57. The van der Waals surface area contributed by atoms with Crippen molar-refractivity contribution in [1.82, 2.24) is 4.98 Å². The Morgan fingerprint density at radius 2 is 1.62 bits per heavy atom. The van der Waals surface area contributed by atoms with Crippen LogP contribution in [0.1, 0.15) is 80.8 Å². The largest absolute Gasteiger partial charge is 0.455 e. The Morgan fingerprint density at radius 3 is 2.14 bits per heavy atom. The van der Waals surface area contributed by atoms with Crippen molar-refractivity contribution >= 4 is 17.3 Å². The summed E-state index contributed by atoms with van der Waals surface area (Å²) in [5, 5.41) is 0. The Balaban J connectivity index is 2.19. The van der Waals surface area contributed by atoms with Gasteiger partial charge in [-0.05, 0) is 58.2 Å². The van der Waals surface area contributed by atoms with Gasteiger partial charge in [0.25, 0.3) is 0 Å². The number of carbonyl (C=O) groups is 1. The fourth-order valence-corrected chi connectivity index (χ4v) is 3.61. The minimum absolute atomic E-state index is 0.0267. The molecule has 0 aliphatic carbocycles. The molecule has 0 amide bonds. The smallest absolute Gasteiger partial charge is 0.355 e. The van der Waals surface area contributed by atoms with E-state index in [1.165, 1.54) is 0 Å². The summed E-state index contributed by atoms with van der Waals surface area (Å²) in [4.78, 5) is 21.1. The zero-order valence-electron chi connectivity index (χ0n) is 18.9. The molecule has 1 aromatic heterocycles. The van der Waals surface area contributed by atoms with E-state index in [1.807, 2.05) is 45.9 Å². The highest BCUT2D eigenvalue weighted by atomic mass is 16.6. The van der Waals surface area contributed by atoms with Gasteiger partial charge in [0.15, 0.2) is 0 Å². The van der Waals surface area contributed by atoms with Crippen molar-refractivity contribution in [3.05, 3.63) is 64.1 Å². The molecule has 154 valence electrons. The number of benzene rings is 1. The van der Waals surface area contributed by atoms with Gasteiger partial charge in [0, 0.05) is 23.1 Å². The molecular weight excluding hydrogens is 360 g/mol. The normalized spacial score (nSPS) is 17.9. The standard InChI is InChI=1S/C25H32N2O2/c1-15-16(2)22(23(28)29-24(4,5)6)27-21(15)20(18-12-10-9-11-13-18)19-14-25(7,8)17(3)26-19/h9-13,27H,14H2,1-8H3/b20-19+. The number of hydrogen-bond acceptors (Lipinski definition) is 3. The number of aliphatic imine (C=N–C) groups is 1. The maximum Gasteiger partial charge on any atom is 0.355 e. The van der Waals surface area contributed by atoms with Gasteiger partial charge in [-0.1, -0.05) is 44.2 Å². The number of esters is 1. The summed E-state index contributed by atoms with van der Waals surface area (Å²) in [5.41, 5.74) is 7.25. The van der Waals surface area contributed by atoms with E-state index in [9.17, 15) is 4.79 Å². The molecule has 0 fully saturated rings. The zero-order chi connectivity index (χ0) is 21.6. The maximum absolute atomic E-state index is 12.8. The van der Waals surface area contributed by atoms with Crippen molar-refractivity contribution in [3.8, 4) is 0 Å². The van der Waals surface area contributed by atoms with Crippen LogP contribution in [0.2, 0.25) is 0 Å². The van der Waals surface area contributed by atoms with Gasteiger partial charge in [0.1, 0.15) is 11.3 Å². The molecule has 0 bridgehead atoms. The predicted molar refractivity (Wildman–Crippen MR) is 119 cm³/mol. The first-order chi connectivity index (χ1) is 13.4. The van der Waals surface area contributed by atoms with Crippen molar-refractivity contribution < 1.29 is 9.53 Å². The minimum Gasteiger partial charge on any atom is -0.455 e. The van der Waals surface area contributed by atoms with Crippen LogP contribution in [0, 0.1) is 19.3 Å². The lowest BCUT2D eigenvalue weighted by Gasteiger charge is -2.19. The van der Waals surface area contributed by atoms with Crippen LogP contribution in [0.15, 0.2) is 41.0 Å². The Kier molecular flexibility index (Phi) is 5.33. The first kappa shape index (κ1) is 21.1. The number of hydrogen-bond donors (Lipinski definition) is 1. The van der Waals surface area contributed by atoms with Crippen LogP contribution in [-0.2, 0) is 4.74 Å². The average Bonchev–Trinajstić information content (AvgIpc) is 3.05. The Hall–Kier alpha value is -2.62. The third-order valence-electron chi connectivity index (χ3n) is 5.66. The third kappa shape index (κ3) is 4.21. The van der Waals surface area contributed by atoms with Gasteiger partial charge in [-0.15, -0.1) is 0 Å². The van der Waals surface area contributed by atoms with Crippen molar-refractivity contribution in [2.24, 2.45) is 10.4 Å². The van der Waals surface area contributed by atoms with Gasteiger partial charge < -0.3 is 9.72 Å². The monoisotopic (exact) mass is 392 g/mol. The fourth-order valence-electron chi connectivity index (χ4n) is 3.61. The molecule has 29 heavy (non-hydrogen) atoms. The van der Waals surface area contributed by atoms with Crippen molar-refractivity contribution in [1.29, 1.82) is 0 Å². The average molecular weight is 393 g/mol. The highest BCUT2D eigenvalue weighted by Crippen LogP contribution is 2.41. The van der Waals surface area contributed by atoms with Gasteiger partial charge in [0.05, 0.1) is 11.4 Å². The van der Waals surface area contributed by atoms with Crippen molar-refractivity contribution in [2.75, 3.05) is 0 Å². The Bertz CT molecular complexity index is 999. The predicted octanol–water partition coefficient (Wildman–Crippen LogP) is 6.24. The molecular formula is C25H32N2O2. The quantitative estimate of drug-likeness (QED) is 0.629. The highest BCUT2D eigenvalue weighted by Gasteiger charge is 2.33. The van der Waals surface area contributed by atoms with Crippen LogP contribution in [0.5, 0.6) is 0 Å². The molecule has 0 atom stereocenters. The molecule has 1 N–H and O–H groups in total. The second kappa shape index (κ2) is 7.33. The van der Waals surface area contributed by atoms with E-state index in [4.69, 9.17) is 9.73 Å². The first-order valence-electron chi connectivity index (χ1n) is 10.2. The lowest BCUT2D eigenvalue weighted by Crippen LogP contribution is -2.24. The second-order valence-electron chi connectivity index (χ2n) is 9.57. The molecule has 4 nitrogen and oxygen atoms in total. The van der Waals surface area contributed by atoms with Gasteiger partial charge >= 0.3 is 5.97 Å². The molecule has 0 saturated carbocycles. The van der Waals surface area contributed by atoms with Gasteiger partial charge in [-0.3, -0.25) is 4.99 Å². The summed E-state index contributed by atoms with van der Waals surface area (Å²) in [5.74, 6) is -0.326. The molecule has 1 aromatic carbocycles. The SMILES string of the molecule is CC1=N/C(=C(\c2ccccc2)c2[nH]c(C(=O)OC(C)(C)C)c(C)c2C)CC1(C)C. The van der Waals surface area contributed by atoms with E-state index in [-0.39, 0.29) is 11.4 Å². The summed E-state index contributed by atoms with van der Waals surface area (Å²) in [6.07, 6.45) is 0.863. The molecule has 0 saturated heterocycles. The van der Waals surface area contributed by atoms with Gasteiger partial charge in [-0.25, -0.2) is 4.79 Å². The number of nitrogens with one attached hydrogen (secondary N) is 1. The molecule has 4 heteroatoms. The number of rotatable bonds is 3. The van der Waals surface area contributed by atoms with Crippen molar-refractivity contribution in [2.45, 2.75) is 67.4 Å². The minimum atomic E-state index is -0.541. The summed E-state index contributed by atoms with van der Waals surface area (Å²) < 4.78 is 5.62. The van der Waals surface area contributed by atoms with Crippen LogP contribution in [0.3, 0.4) is 0 Å². The van der Waals surface area contributed by atoms with E-state index in [2.05, 4.69) is 44.8 Å². The van der Waals surface area contributed by atoms with Crippen LogP contribution < -0.4 is 0 Å². The summed E-state index contributed by atoms with van der Waals surface area (Å²) in [6, 6.07) is 10.3. The van der Waals surface area contributed by atoms with Crippen molar-refractivity contribution in [3.63, 3.8) is 0 Å². The first-order valence-corrected chi connectivity index (χ1v) is 10.2. The molecule has 2 aromatic rings. The van der Waals surface area contributed by atoms with E-state index < -0.39 is 5.60 Å². The van der Waals surface area contributed by atoms with Gasteiger partial charge in [-0.2, -0.15) is 0 Å². The van der Waals surface area contributed by atoms with Crippen LogP contribution >= 0.6 is 0 Å². The molecule has 0 unspecified atom stereocenters. The van der Waals surface area contributed by atoms with E-state index in [0.717, 1.165) is 45.8 Å². The molecule has 3 rings (SSSR count). The number of carbonyl (C=O) groups excluding carboxylic acids is 1. The third-order valence-corrected chi connectivity index (χ3v) is 5.66. The molecule has 2 heterocycles. The summed E-state index contributed by atoms with van der Waals surface area (Å²) in [7, 11) is 0. The van der Waals surface area contributed by atoms with Crippen LogP contribution in [-0.4, -0.2) is 22.3 Å². The summed E-state index contributed by atoms with van der Waals surface area (Å²) in [6.45, 7) is 16.2. The number of nitrogens with zero attached hydrogens (tertiary/aromatic N) is 1. The van der Waals surface area contributed by atoms with E-state index in [1.54, 1.807) is 0 Å². The number of ether oxygens (including phenoxy) is 1. The van der Waals surface area contributed by atoms with Crippen LogP contribution in [0.25, 0.3) is 5.57 Å². The molecule has 1 aliphatic rings. The van der Waals surface area contributed by atoms with E-state index >= 15 is 0 Å². The topological polar surface area (TPSA) is 54.5 Å². The Morgan fingerprint density at radius 1 is 1.03 bits per heavy atom. The Labute approximate surface area is 174 Å². The molecule has 0 radical (unpaired) electrons. The lowest BCUT2D eigenvalue weighted by molar-refractivity contribution is 0.00627. The van der Waals surface area contributed by atoms with Gasteiger partial charge in [0.2, 0.25) is 0 Å².